The van der Waals surface area contributed by atoms with Crippen molar-refractivity contribution in [2.24, 2.45) is 0 Å². The first-order chi connectivity index (χ1) is 7.22. The smallest absolute Gasteiger partial charge is 0.388 e. The Bertz CT molecular complexity index is 393. The second-order valence-corrected chi connectivity index (χ2v) is 3.60. The molecule has 16 heavy (non-hydrogen) atoms. The molecule has 1 aromatic heterocycles. The van der Waals surface area contributed by atoms with E-state index in [4.69, 9.17) is 0 Å². The molecule has 2 nitrogen and oxygen atoms in total. The molecule has 0 fully saturated rings. The Labute approximate surface area is 95.6 Å². The molecule has 0 aliphatic heterocycles. The lowest BCUT2D eigenvalue weighted by Crippen LogP contribution is -2.19. The van der Waals surface area contributed by atoms with Crippen LogP contribution in [-0.2, 0) is 0 Å². The molecule has 0 saturated carbocycles. The summed E-state index contributed by atoms with van der Waals surface area (Å²) in [5.41, 5.74) is -0.609. The zero-order valence-electron chi connectivity index (χ0n) is 7.78. The van der Waals surface area contributed by atoms with Gasteiger partial charge >= 0.3 is 6.36 Å². The number of aromatic nitrogens is 1. The van der Waals surface area contributed by atoms with Crippen molar-refractivity contribution in [2.75, 3.05) is 0 Å². The SMILES string of the molecule is Cc1c(OC(F)(F)F)ncc(C(F)F)c1Br. The summed E-state index contributed by atoms with van der Waals surface area (Å²) in [5.74, 6) is -0.747. The second-order valence-electron chi connectivity index (χ2n) is 2.81. The number of hydrogen-bond donors (Lipinski definition) is 0. The first kappa shape index (κ1) is 13.1. The van der Waals surface area contributed by atoms with Crippen molar-refractivity contribution in [2.45, 2.75) is 19.7 Å². The van der Waals surface area contributed by atoms with Gasteiger partial charge in [-0.15, -0.1) is 13.2 Å². The van der Waals surface area contributed by atoms with Gasteiger partial charge in [0.05, 0.1) is 5.56 Å². The Morgan fingerprint density at radius 2 is 1.94 bits per heavy atom. The van der Waals surface area contributed by atoms with Crippen molar-refractivity contribution < 1.29 is 26.7 Å². The van der Waals surface area contributed by atoms with Crippen LogP contribution < -0.4 is 4.74 Å². The molecule has 1 rings (SSSR count). The molecule has 90 valence electrons. The first-order valence-electron chi connectivity index (χ1n) is 3.91. The van der Waals surface area contributed by atoms with Crippen LogP contribution in [0.15, 0.2) is 10.7 Å². The average molecular weight is 306 g/mol. The lowest BCUT2D eigenvalue weighted by atomic mass is 10.2. The van der Waals surface area contributed by atoms with E-state index in [2.05, 4.69) is 25.7 Å². The van der Waals surface area contributed by atoms with Gasteiger partial charge in [0, 0.05) is 16.2 Å². The van der Waals surface area contributed by atoms with E-state index in [-0.39, 0.29) is 10.0 Å². The van der Waals surface area contributed by atoms with Crippen LogP contribution >= 0.6 is 15.9 Å². The number of pyridine rings is 1. The number of rotatable bonds is 2. The van der Waals surface area contributed by atoms with Gasteiger partial charge in [-0.05, 0) is 22.9 Å². The molecular weight excluding hydrogens is 301 g/mol. The van der Waals surface area contributed by atoms with Crippen molar-refractivity contribution in [3.05, 3.63) is 21.8 Å². The summed E-state index contributed by atoms with van der Waals surface area (Å²) < 4.78 is 63.8. The Morgan fingerprint density at radius 3 is 2.38 bits per heavy atom. The molecule has 0 aromatic carbocycles. The molecule has 0 unspecified atom stereocenters. The van der Waals surface area contributed by atoms with E-state index in [1.165, 1.54) is 6.92 Å². The summed E-state index contributed by atoms with van der Waals surface area (Å²) >= 11 is 2.77. The third kappa shape index (κ3) is 3.03. The summed E-state index contributed by atoms with van der Waals surface area (Å²) in [4.78, 5) is 3.19. The molecule has 0 bridgehead atoms. The van der Waals surface area contributed by atoms with Gasteiger partial charge in [0.2, 0.25) is 5.88 Å². The highest BCUT2D eigenvalue weighted by atomic mass is 79.9. The van der Waals surface area contributed by atoms with Crippen LogP contribution in [0.5, 0.6) is 5.88 Å². The van der Waals surface area contributed by atoms with Crippen LogP contribution in [-0.4, -0.2) is 11.3 Å². The number of alkyl halides is 5. The van der Waals surface area contributed by atoms with Crippen molar-refractivity contribution in [3.63, 3.8) is 0 Å². The Hall–Kier alpha value is -0.920. The number of ether oxygens (including phenoxy) is 1. The molecule has 1 heterocycles. The van der Waals surface area contributed by atoms with E-state index >= 15 is 0 Å². The van der Waals surface area contributed by atoms with E-state index in [0.717, 1.165) is 0 Å². The van der Waals surface area contributed by atoms with Gasteiger partial charge in [-0.25, -0.2) is 13.8 Å². The first-order valence-corrected chi connectivity index (χ1v) is 4.70. The molecule has 0 amide bonds. The fourth-order valence-electron chi connectivity index (χ4n) is 0.957. The van der Waals surface area contributed by atoms with E-state index < -0.39 is 24.2 Å². The van der Waals surface area contributed by atoms with E-state index in [9.17, 15) is 22.0 Å². The highest BCUT2D eigenvalue weighted by Crippen LogP contribution is 2.34. The third-order valence-electron chi connectivity index (χ3n) is 1.67. The lowest BCUT2D eigenvalue weighted by molar-refractivity contribution is -0.276. The molecule has 0 spiro atoms. The zero-order valence-corrected chi connectivity index (χ0v) is 9.36. The van der Waals surface area contributed by atoms with Gasteiger partial charge in [0.15, 0.2) is 0 Å². The molecule has 1 aromatic rings. The van der Waals surface area contributed by atoms with Gasteiger partial charge in [0.25, 0.3) is 6.43 Å². The summed E-state index contributed by atoms with van der Waals surface area (Å²) in [5, 5.41) is 0. The predicted molar refractivity (Wildman–Crippen MR) is 48.3 cm³/mol. The maximum absolute atomic E-state index is 12.3. The Balaban J connectivity index is 3.12. The van der Waals surface area contributed by atoms with Gasteiger partial charge in [-0.2, -0.15) is 0 Å². The van der Waals surface area contributed by atoms with Crippen molar-refractivity contribution in [3.8, 4) is 5.88 Å². The Kier molecular flexibility index (Phi) is 3.72. The summed E-state index contributed by atoms with van der Waals surface area (Å²) in [6.45, 7) is 1.20. The number of nitrogens with zero attached hydrogens (tertiary/aromatic N) is 1. The van der Waals surface area contributed by atoms with E-state index in [1.54, 1.807) is 0 Å². The van der Waals surface area contributed by atoms with E-state index in [1.807, 2.05) is 0 Å². The standard InChI is InChI=1S/C8H5BrF5NO/c1-3-5(9)4(6(10)11)2-15-7(3)16-8(12,13)14/h2,6H,1H3. The molecule has 0 radical (unpaired) electrons. The number of halogens is 6. The molecule has 0 aliphatic carbocycles. The fourth-order valence-corrected chi connectivity index (χ4v) is 1.40. The molecule has 8 heteroatoms. The summed E-state index contributed by atoms with van der Waals surface area (Å²) in [6.07, 6.45) is -7.08. The van der Waals surface area contributed by atoms with Crippen molar-refractivity contribution >= 4 is 15.9 Å². The fraction of sp³-hybridized carbons (Fsp3) is 0.375. The predicted octanol–water partition coefficient (Wildman–Crippen LogP) is 3.99. The lowest BCUT2D eigenvalue weighted by Gasteiger charge is -2.12. The van der Waals surface area contributed by atoms with Gasteiger partial charge in [-0.3, -0.25) is 0 Å². The minimum atomic E-state index is -4.90. The van der Waals surface area contributed by atoms with Crippen LogP contribution in [0, 0.1) is 6.92 Å². The van der Waals surface area contributed by atoms with E-state index in [0.29, 0.717) is 6.20 Å². The maximum Gasteiger partial charge on any atom is 0.574 e. The minimum Gasteiger partial charge on any atom is -0.388 e. The monoisotopic (exact) mass is 305 g/mol. The highest BCUT2D eigenvalue weighted by molar-refractivity contribution is 9.10. The minimum absolute atomic E-state index is 0.130. The quantitative estimate of drug-likeness (QED) is 0.771. The number of hydrogen-bond acceptors (Lipinski definition) is 2. The zero-order chi connectivity index (χ0) is 12.5. The van der Waals surface area contributed by atoms with Crippen molar-refractivity contribution in [1.82, 2.24) is 4.98 Å². The van der Waals surface area contributed by atoms with Crippen LogP contribution in [0.2, 0.25) is 0 Å². The average Bonchev–Trinajstić information content (AvgIpc) is 2.10. The molecule has 0 atom stereocenters. The van der Waals surface area contributed by atoms with Gasteiger partial charge in [0.1, 0.15) is 0 Å². The van der Waals surface area contributed by atoms with Crippen LogP contribution in [0.1, 0.15) is 17.6 Å². The summed E-state index contributed by atoms with van der Waals surface area (Å²) in [7, 11) is 0. The molecule has 0 N–H and O–H groups in total. The van der Waals surface area contributed by atoms with Crippen LogP contribution in [0.3, 0.4) is 0 Å². The molecule has 0 aliphatic rings. The highest BCUT2D eigenvalue weighted by Gasteiger charge is 2.33. The Morgan fingerprint density at radius 1 is 1.38 bits per heavy atom. The van der Waals surface area contributed by atoms with Crippen LogP contribution in [0.25, 0.3) is 0 Å². The summed E-state index contributed by atoms with van der Waals surface area (Å²) in [6, 6.07) is 0. The third-order valence-corrected chi connectivity index (χ3v) is 2.72. The topological polar surface area (TPSA) is 22.1 Å². The molecule has 0 saturated heterocycles. The maximum atomic E-state index is 12.3. The van der Waals surface area contributed by atoms with Crippen molar-refractivity contribution in [1.29, 1.82) is 0 Å². The largest absolute Gasteiger partial charge is 0.574 e. The normalized spacial score (nSPS) is 12.0. The second kappa shape index (κ2) is 4.52. The van der Waals surface area contributed by atoms with Gasteiger partial charge in [-0.1, -0.05) is 0 Å². The van der Waals surface area contributed by atoms with Crippen LogP contribution in [0.4, 0.5) is 22.0 Å². The molecular formula is C8H5BrF5NO. The van der Waals surface area contributed by atoms with Gasteiger partial charge < -0.3 is 4.74 Å².